The Labute approximate surface area is 103 Å². The maximum atomic E-state index is 13.2. The molecule has 1 aromatic rings. The van der Waals surface area contributed by atoms with E-state index in [1.54, 1.807) is 0 Å². The van der Waals surface area contributed by atoms with Gasteiger partial charge in [0.25, 0.3) is 0 Å². The van der Waals surface area contributed by atoms with Crippen molar-refractivity contribution in [3.8, 4) is 5.75 Å². The molecule has 2 nitrogen and oxygen atoms in total. The molecule has 0 bridgehead atoms. The van der Waals surface area contributed by atoms with E-state index in [0.717, 1.165) is 12.5 Å². The summed E-state index contributed by atoms with van der Waals surface area (Å²) < 4.78 is 60.6. The Bertz CT molecular complexity index is 382. The van der Waals surface area contributed by atoms with Crippen molar-refractivity contribution >= 4 is 12.4 Å². The lowest BCUT2D eigenvalue weighted by Gasteiger charge is -2.16. The maximum absolute atomic E-state index is 13.2. The Hall–Kier alpha value is -1.24. The Morgan fingerprint density at radius 1 is 1.11 bits per heavy atom. The van der Waals surface area contributed by atoms with Crippen molar-refractivity contribution in [3.63, 3.8) is 0 Å². The molecule has 7 heteroatoms. The highest BCUT2D eigenvalue weighted by Gasteiger charge is 2.26. The normalized spacial score (nSPS) is 11.6. The first kappa shape index (κ1) is 14.8. The standard InChI is InChI=1S/C11H14BF4O2/c1-2-5-17-6-7-18-11-8-9(12(14,15)16)3-4-10(11)13/h3-4,8H,2,5-7H2,1H3/q-1. The van der Waals surface area contributed by atoms with E-state index in [1.165, 1.54) is 0 Å². The van der Waals surface area contributed by atoms with Crippen molar-refractivity contribution in [2.45, 2.75) is 13.3 Å². The molecular weight excluding hydrogens is 251 g/mol. The molecule has 1 aromatic carbocycles. The summed E-state index contributed by atoms with van der Waals surface area (Å²) in [6, 6.07) is 2.14. The summed E-state index contributed by atoms with van der Waals surface area (Å²) in [7, 11) is 0. The van der Waals surface area contributed by atoms with Gasteiger partial charge in [0.15, 0.2) is 11.6 Å². The predicted octanol–water partition coefficient (Wildman–Crippen LogP) is 2.69. The number of benzene rings is 1. The summed E-state index contributed by atoms with van der Waals surface area (Å²) in [5.74, 6) is -1.21. The van der Waals surface area contributed by atoms with Crippen molar-refractivity contribution in [1.82, 2.24) is 0 Å². The van der Waals surface area contributed by atoms with E-state index in [9.17, 15) is 17.3 Å². The number of hydrogen-bond acceptors (Lipinski definition) is 2. The van der Waals surface area contributed by atoms with Gasteiger partial charge in [-0.15, -0.1) is 5.46 Å². The van der Waals surface area contributed by atoms with Crippen LogP contribution < -0.4 is 10.2 Å². The molecule has 0 amide bonds. The molecule has 0 aliphatic rings. The summed E-state index contributed by atoms with van der Waals surface area (Å²) in [6.45, 7) is -2.45. The van der Waals surface area contributed by atoms with Crippen LogP contribution in [-0.4, -0.2) is 26.8 Å². The van der Waals surface area contributed by atoms with Gasteiger partial charge in [0.1, 0.15) is 6.61 Å². The molecule has 0 N–H and O–H groups in total. The molecule has 1 rings (SSSR count). The van der Waals surface area contributed by atoms with Gasteiger partial charge in [-0.1, -0.05) is 13.0 Å². The fourth-order valence-electron chi connectivity index (χ4n) is 1.29. The molecule has 0 aliphatic heterocycles. The average molecular weight is 265 g/mol. The zero-order chi connectivity index (χ0) is 13.6. The first-order valence-electron chi connectivity index (χ1n) is 5.65. The smallest absolute Gasteiger partial charge is 0.488 e. The molecule has 0 radical (unpaired) electrons. The van der Waals surface area contributed by atoms with Crippen molar-refractivity contribution in [1.29, 1.82) is 0 Å². The van der Waals surface area contributed by atoms with Crippen LogP contribution in [0.4, 0.5) is 17.3 Å². The van der Waals surface area contributed by atoms with Crippen molar-refractivity contribution in [3.05, 3.63) is 24.0 Å². The molecule has 0 saturated heterocycles. The first-order valence-corrected chi connectivity index (χ1v) is 5.65. The quantitative estimate of drug-likeness (QED) is 0.428. The lowest BCUT2D eigenvalue weighted by Crippen LogP contribution is -2.34. The van der Waals surface area contributed by atoms with Gasteiger partial charge < -0.3 is 22.4 Å². The second-order valence-electron chi connectivity index (χ2n) is 3.73. The minimum Gasteiger partial charge on any atom is -0.488 e. The minimum atomic E-state index is -5.15. The Morgan fingerprint density at radius 3 is 2.44 bits per heavy atom. The number of halogens is 4. The molecule has 0 heterocycles. The van der Waals surface area contributed by atoms with E-state index < -0.39 is 24.0 Å². The molecule has 0 saturated carbocycles. The third-order valence-corrected chi connectivity index (χ3v) is 2.17. The molecule has 0 atom stereocenters. The molecule has 0 aromatic heterocycles. The average Bonchev–Trinajstić information content (AvgIpc) is 2.29. The lowest BCUT2D eigenvalue weighted by molar-refractivity contribution is 0.0992. The van der Waals surface area contributed by atoms with Gasteiger partial charge >= 0.3 is 6.98 Å². The zero-order valence-corrected chi connectivity index (χ0v) is 9.97. The molecule has 102 valence electrons. The SMILES string of the molecule is CCCOCCOc1cc([B-](F)(F)F)ccc1F. The van der Waals surface area contributed by atoms with Crippen LogP contribution >= 0.6 is 0 Å². The summed E-state index contributed by atoms with van der Waals surface area (Å²) in [5, 5.41) is 0. The predicted molar refractivity (Wildman–Crippen MR) is 61.7 cm³/mol. The minimum absolute atomic E-state index is 0.0191. The second kappa shape index (κ2) is 6.63. The van der Waals surface area contributed by atoms with Crippen LogP contribution in [0, 0.1) is 5.82 Å². The van der Waals surface area contributed by atoms with Crippen LogP contribution in [0.5, 0.6) is 5.75 Å². The lowest BCUT2D eigenvalue weighted by atomic mass is 9.80. The van der Waals surface area contributed by atoms with Crippen molar-refractivity contribution in [2.24, 2.45) is 0 Å². The first-order chi connectivity index (χ1) is 8.45. The van der Waals surface area contributed by atoms with E-state index in [0.29, 0.717) is 18.7 Å². The number of ether oxygens (including phenoxy) is 2. The van der Waals surface area contributed by atoms with Gasteiger partial charge in [-0.3, -0.25) is 0 Å². The van der Waals surface area contributed by atoms with E-state index >= 15 is 0 Å². The van der Waals surface area contributed by atoms with Gasteiger partial charge in [0.05, 0.1) is 6.61 Å². The molecule has 18 heavy (non-hydrogen) atoms. The highest BCUT2D eigenvalue weighted by Crippen LogP contribution is 2.18. The van der Waals surface area contributed by atoms with Gasteiger partial charge in [-0.05, 0) is 18.6 Å². The topological polar surface area (TPSA) is 18.5 Å². The Balaban J connectivity index is 2.59. The van der Waals surface area contributed by atoms with Crippen molar-refractivity contribution < 1.29 is 26.8 Å². The van der Waals surface area contributed by atoms with Crippen LogP contribution in [-0.2, 0) is 4.74 Å². The van der Waals surface area contributed by atoms with Crippen LogP contribution in [0.2, 0.25) is 0 Å². The van der Waals surface area contributed by atoms with E-state index in [-0.39, 0.29) is 13.2 Å². The van der Waals surface area contributed by atoms with E-state index in [4.69, 9.17) is 9.47 Å². The Morgan fingerprint density at radius 2 is 1.83 bits per heavy atom. The summed E-state index contributed by atoms with van der Waals surface area (Å²) in [5.41, 5.74) is -0.874. The molecule has 0 spiro atoms. The van der Waals surface area contributed by atoms with Gasteiger partial charge in [0.2, 0.25) is 0 Å². The number of rotatable bonds is 7. The van der Waals surface area contributed by atoms with E-state index in [2.05, 4.69) is 0 Å². The fraction of sp³-hybridized carbons (Fsp3) is 0.455. The summed E-state index contributed by atoms with van der Waals surface area (Å²) >= 11 is 0. The third-order valence-electron chi connectivity index (χ3n) is 2.17. The second-order valence-corrected chi connectivity index (χ2v) is 3.73. The summed E-state index contributed by atoms with van der Waals surface area (Å²) in [6.07, 6.45) is 0.834. The van der Waals surface area contributed by atoms with Gasteiger partial charge in [0, 0.05) is 6.61 Å². The summed E-state index contributed by atoms with van der Waals surface area (Å²) in [4.78, 5) is 0. The zero-order valence-electron chi connectivity index (χ0n) is 9.97. The van der Waals surface area contributed by atoms with Crippen LogP contribution in [0.15, 0.2) is 18.2 Å². The number of hydrogen-bond donors (Lipinski definition) is 0. The molecule has 0 fully saturated rings. The molecule has 0 aliphatic carbocycles. The van der Waals surface area contributed by atoms with Crippen LogP contribution in [0.3, 0.4) is 0 Å². The fourth-order valence-corrected chi connectivity index (χ4v) is 1.29. The molecule has 0 unspecified atom stereocenters. The van der Waals surface area contributed by atoms with Gasteiger partial charge in [-0.25, -0.2) is 4.39 Å². The maximum Gasteiger partial charge on any atom is 0.509 e. The van der Waals surface area contributed by atoms with Crippen LogP contribution in [0.25, 0.3) is 0 Å². The van der Waals surface area contributed by atoms with E-state index in [1.807, 2.05) is 6.92 Å². The highest BCUT2D eigenvalue weighted by atomic mass is 19.4. The van der Waals surface area contributed by atoms with Crippen LogP contribution in [0.1, 0.15) is 13.3 Å². The highest BCUT2D eigenvalue weighted by molar-refractivity contribution is 6.73. The van der Waals surface area contributed by atoms with Gasteiger partial charge in [-0.2, -0.15) is 0 Å². The monoisotopic (exact) mass is 265 g/mol. The van der Waals surface area contributed by atoms with Crippen molar-refractivity contribution in [2.75, 3.05) is 19.8 Å². The Kier molecular flexibility index (Phi) is 5.46. The molecular formula is C11H14BF4O2-. The largest absolute Gasteiger partial charge is 0.509 e. The third kappa shape index (κ3) is 4.56.